The van der Waals surface area contributed by atoms with Crippen LogP contribution in [0.4, 0.5) is 0 Å². The predicted octanol–water partition coefficient (Wildman–Crippen LogP) is 3.32. The number of hydrogen-bond donors (Lipinski definition) is 1. The van der Waals surface area contributed by atoms with Gasteiger partial charge in [-0.1, -0.05) is 35.9 Å². The summed E-state index contributed by atoms with van der Waals surface area (Å²) in [5.41, 5.74) is 2.60. The lowest BCUT2D eigenvalue weighted by Gasteiger charge is -2.24. The fourth-order valence-corrected chi connectivity index (χ4v) is 2.56. The Labute approximate surface area is 136 Å². The Kier molecular flexibility index (Phi) is 3.99. The van der Waals surface area contributed by atoms with Crippen molar-refractivity contribution in [3.05, 3.63) is 59.2 Å². The zero-order valence-electron chi connectivity index (χ0n) is 13.7. The van der Waals surface area contributed by atoms with E-state index in [2.05, 4.69) is 5.32 Å². The first-order valence-electron chi connectivity index (χ1n) is 7.71. The van der Waals surface area contributed by atoms with E-state index in [1.807, 2.05) is 63.2 Å². The maximum Gasteiger partial charge on any atom is 0.231 e. The van der Waals surface area contributed by atoms with Gasteiger partial charge in [-0.2, -0.15) is 0 Å². The molecule has 3 rings (SSSR count). The average Bonchev–Trinajstić information content (AvgIpc) is 3.00. The van der Waals surface area contributed by atoms with E-state index in [0.29, 0.717) is 6.54 Å². The minimum Gasteiger partial charge on any atom is -0.454 e. The molecule has 0 unspecified atom stereocenters. The molecule has 1 heterocycles. The van der Waals surface area contributed by atoms with Crippen LogP contribution in [0.2, 0.25) is 0 Å². The Morgan fingerprint density at radius 3 is 2.52 bits per heavy atom. The molecule has 0 saturated heterocycles. The molecule has 120 valence electrons. The molecule has 0 aliphatic carbocycles. The number of ether oxygens (including phenoxy) is 2. The van der Waals surface area contributed by atoms with Crippen LogP contribution < -0.4 is 14.8 Å². The number of nitrogens with one attached hydrogen (secondary N) is 1. The summed E-state index contributed by atoms with van der Waals surface area (Å²) in [5.74, 6) is 1.48. The molecule has 1 N–H and O–H groups in total. The van der Waals surface area contributed by atoms with Crippen molar-refractivity contribution in [2.75, 3.05) is 6.79 Å². The van der Waals surface area contributed by atoms with Gasteiger partial charge in [-0.05, 0) is 44.0 Å². The van der Waals surface area contributed by atoms with E-state index in [0.717, 1.165) is 22.6 Å². The molecular formula is C19H21NO3. The van der Waals surface area contributed by atoms with Crippen LogP contribution in [0.15, 0.2) is 42.5 Å². The lowest BCUT2D eigenvalue weighted by molar-refractivity contribution is -0.125. The number of hydrogen-bond acceptors (Lipinski definition) is 3. The smallest absolute Gasteiger partial charge is 0.231 e. The quantitative estimate of drug-likeness (QED) is 0.942. The van der Waals surface area contributed by atoms with Gasteiger partial charge in [0.1, 0.15) is 0 Å². The van der Waals surface area contributed by atoms with E-state index in [-0.39, 0.29) is 12.7 Å². The number of benzene rings is 2. The number of aryl methyl sites for hydroxylation is 1. The van der Waals surface area contributed by atoms with Crippen molar-refractivity contribution < 1.29 is 14.3 Å². The van der Waals surface area contributed by atoms with Crippen LogP contribution in [0.5, 0.6) is 11.5 Å². The van der Waals surface area contributed by atoms with Crippen molar-refractivity contribution in [3.63, 3.8) is 0 Å². The van der Waals surface area contributed by atoms with Gasteiger partial charge in [0.25, 0.3) is 0 Å². The highest BCUT2D eigenvalue weighted by Crippen LogP contribution is 2.32. The van der Waals surface area contributed by atoms with Gasteiger partial charge in [-0.25, -0.2) is 0 Å². The molecule has 0 radical (unpaired) electrons. The first kappa shape index (κ1) is 15.4. The summed E-state index contributed by atoms with van der Waals surface area (Å²) in [7, 11) is 0. The number of carbonyl (C=O) groups excluding carboxylic acids is 1. The molecule has 1 aliphatic rings. The highest BCUT2D eigenvalue weighted by molar-refractivity contribution is 5.87. The third kappa shape index (κ3) is 3.16. The van der Waals surface area contributed by atoms with Gasteiger partial charge >= 0.3 is 0 Å². The van der Waals surface area contributed by atoms with E-state index in [4.69, 9.17) is 9.47 Å². The van der Waals surface area contributed by atoms with Crippen LogP contribution in [0.1, 0.15) is 30.5 Å². The van der Waals surface area contributed by atoms with Gasteiger partial charge in [0.2, 0.25) is 12.7 Å². The summed E-state index contributed by atoms with van der Waals surface area (Å²) in [5, 5.41) is 3.01. The molecule has 0 fully saturated rings. The van der Waals surface area contributed by atoms with Crippen molar-refractivity contribution >= 4 is 5.91 Å². The highest BCUT2D eigenvalue weighted by Gasteiger charge is 2.29. The van der Waals surface area contributed by atoms with Crippen LogP contribution in [-0.2, 0) is 16.8 Å². The second-order valence-corrected chi connectivity index (χ2v) is 6.36. The van der Waals surface area contributed by atoms with Crippen LogP contribution >= 0.6 is 0 Å². The van der Waals surface area contributed by atoms with E-state index < -0.39 is 5.41 Å². The summed E-state index contributed by atoms with van der Waals surface area (Å²) < 4.78 is 10.6. The van der Waals surface area contributed by atoms with Gasteiger partial charge < -0.3 is 14.8 Å². The fraction of sp³-hybridized carbons (Fsp3) is 0.316. The maximum atomic E-state index is 12.6. The molecule has 0 saturated carbocycles. The molecule has 2 aromatic rings. The highest BCUT2D eigenvalue weighted by atomic mass is 16.7. The molecule has 1 amide bonds. The normalized spacial score (nSPS) is 13.0. The van der Waals surface area contributed by atoms with Crippen molar-refractivity contribution in [3.8, 4) is 11.5 Å². The van der Waals surface area contributed by atoms with Gasteiger partial charge in [0.05, 0.1) is 5.41 Å². The molecule has 4 nitrogen and oxygen atoms in total. The number of carbonyl (C=O) groups is 1. The average molecular weight is 311 g/mol. The van der Waals surface area contributed by atoms with E-state index in [1.54, 1.807) is 0 Å². The Balaban J connectivity index is 1.67. The van der Waals surface area contributed by atoms with Gasteiger partial charge in [-0.15, -0.1) is 0 Å². The fourth-order valence-electron chi connectivity index (χ4n) is 2.56. The second-order valence-electron chi connectivity index (χ2n) is 6.36. The van der Waals surface area contributed by atoms with Crippen molar-refractivity contribution in [2.45, 2.75) is 32.7 Å². The van der Waals surface area contributed by atoms with Crippen molar-refractivity contribution in [1.29, 1.82) is 0 Å². The summed E-state index contributed by atoms with van der Waals surface area (Å²) in [6.45, 7) is 6.63. The van der Waals surface area contributed by atoms with Crippen LogP contribution in [-0.4, -0.2) is 12.7 Å². The number of amides is 1. The summed E-state index contributed by atoms with van der Waals surface area (Å²) in [6.07, 6.45) is 0. The lowest BCUT2D eigenvalue weighted by Crippen LogP contribution is -2.39. The Bertz CT molecular complexity index is 720. The molecule has 1 aliphatic heterocycles. The minimum absolute atomic E-state index is 0.000908. The molecule has 2 aromatic carbocycles. The molecule has 23 heavy (non-hydrogen) atoms. The number of rotatable bonds is 4. The van der Waals surface area contributed by atoms with Crippen LogP contribution in [0, 0.1) is 6.92 Å². The Hall–Kier alpha value is -2.49. The molecule has 0 spiro atoms. The lowest BCUT2D eigenvalue weighted by atomic mass is 9.83. The first-order valence-corrected chi connectivity index (χ1v) is 7.71. The standard InChI is InChI=1S/C19H21NO3/c1-13-4-7-15(8-5-13)19(2,3)18(21)20-11-14-6-9-16-17(10-14)23-12-22-16/h4-10H,11-12H2,1-3H3,(H,20,21). The van der Waals surface area contributed by atoms with E-state index in [1.165, 1.54) is 5.56 Å². The predicted molar refractivity (Wildman–Crippen MR) is 88.6 cm³/mol. The summed E-state index contributed by atoms with van der Waals surface area (Å²) in [6, 6.07) is 13.8. The zero-order valence-corrected chi connectivity index (χ0v) is 13.7. The van der Waals surface area contributed by atoms with Gasteiger partial charge in [-0.3, -0.25) is 4.79 Å². The Morgan fingerprint density at radius 2 is 1.78 bits per heavy atom. The zero-order chi connectivity index (χ0) is 16.4. The van der Waals surface area contributed by atoms with Crippen molar-refractivity contribution in [2.24, 2.45) is 0 Å². The number of fused-ring (bicyclic) bond motifs is 1. The van der Waals surface area contributed by atoms with Crippen LogP contribution in [0.25, 0.3) is 0 Å². The van der Waals surface area contributed by atoms with Gasteiger partial charge in [0, 0.05) is 6.54 Å². The molecule has 0 bridgehead atoms. The third-order valence-corrected chi connectivity index (χ3v) is 4.23. The monoisotopic (exact) mass is 311 g/mol. The van der Waals surface area contributed by atoms with Crippen LogP contribution in [0.3, 0.4) is 0 Å². The maximum absolute atomic E-state index is 12.6. The SMILES string of the molecule is Cc1ccc(C(C)(C)C(=O)NCc2ccc3c(c2)OCO3)cc1. The summed E-state index contributed by atoms with van der Waals surface area (Å²) >= 11 is 0. The van der Waals surface area contributed by atoms with E-state index in [9.17, 15) is 4.79 Å². The topological polar surface area (TPSA) is 47.6 Å². The third-order valence-electron chi connectivity index (χ3n) is 4.23. The first-order chi connectivity index (χ1) is 11.0. The molecule has 0 aromatic heterocycles. The van der Waals surface area contributed by atoms with E-state index >= 15 is 0 Å². The summed E-state index contributed by atoms with van der Waals surface area (Å²) in [4.78, 5) is 12.6. The van der Waals surface area contributed by atoms with Gasteiger partial charge in [0.15, 0.2) is 11.5 Å². The molecule has 4 heteroatoms. The minimum atomic E-state index is -0.579. The Morgan fingerprint density at radius 1 is 1.09 bits per heavy atom. The second kappa shape index (κ2) is 5.95. The van der Waals surface area contributed by atoms with Crippen molar-refractivity contribution in [1.82, 2.24) is 5.32 Å². The molecular weight excluding hydrogens is 290 g/mol. The molecule has 0 atom stereocenters. The largest absolute Gasteiger partial charge is 0.454 e.